The lowest BCUT2D eigenvalue weighted by atomic mass is 9.89. The molecule has 7 heteroatoms. The van der Waals surface area contributed by atoms with Crippen molar-refractivity contribution in [2.24, 2.45) is 13.0 Å². The Morgan fingerprint density at radius 2 is 2.00 bits per heavy atom. The van der Waals surface area contributed by atoms with Gasteiger partial charge >= 0.3 is 0 Å². The molecule has 1 aromatic carbocycles. The maximum absolute atomic E-state index is 12.4. The summed E-state index contributed by atoms with van der Waals surface area (Å²) < 4.78 is 1.98. The molecule has 26 heavy (non-hydrogen) atoms. The predicted octanol–water partition coefficient (Wildman–Crippen LogP) is 3.79. The van der Waals surface area contributed by atoms with Crippen LogP contribution in [-0.4, -0.2) is 27.5 Å². The van der Waals surface area contributed by atoms with Crippen LogP contribution >= 0.6 is 24.8 Å². The molecular formula is C19H26Cl2N4O. The van der Waals surface area contributed by atoms with E-state index in [1.807, 2.05) is 42.1 Å². The summed E-state index contributed by atoms with van der Waals surface area (Å²) in [5.74, 6) is 1.54. The Hall–Kier alpha value is -1.56. The number of nitrogens with one attached hydrogen (secondary N) is 2. The summed E-state index contributed by atoms with van der Waals surface area (Å²) in [4.78, 5) is 16.8. The molecule has 2 unspecified atom stereocenters. The number of anilines is 1. The van der Waals surface area contributed by atoms with E-state index in [2.05, 4.69) is 15.6 Å². The molecule has 3 heterocycles. The molecule has 0 aliphatic carbocycles. The fourth-order valence-corrected chi connectivity index (χ4v) is 4.20. The monoisotopic (exact) mass is 396 g/mol. The lowest BCUT2D eigenvalue weighted by Gasteiger charge is -2.28. The van der Waals surface area contributed by atoms with Crippen LogP contribution in [0.4, 0.5) is 5.69 Å². The number of fused-ring (bicyclic) bond motifs is 2. The third-order valence-corrected chi connectivity index (χ3v) is 5.27. The molecule has 4 rings (SSSR count). The van der Waals surface area contributed by atoms with Crippen LogP contribution in [0.5, 0.6) is 0 Å². The van der Waals surface area contributed by atoms with Gasteiger partial charge in [0.25, 0.3) is 0 Å². The molecule has 2 aliphatic rings. The first-order chi connectivity index (χ1) is 11.7. The number of piperidine rings is 1. The number of imidazole rings is 1. The summed E-state index contributed by atoms with van der Waals surface area (Å²) in [7, 11) is 1.97. The standard InChI is InChI=1S/C19H24N4O.2ClH/c1-23-8-7-20-19(23)14-3-2-4-15(12-14)22-18(24)11-13-9-16-5-6-17(10-13)21-16;;/h2-4,7-8,12-13,16-17,21H,5-6,9-11H2,1H3,(H,22,24);2*1H. The third kappa shape index (κ3) is 4.58. The highest BCUT2D eigenvalue weighted by Gasteiger charge is 2.34. The van der Waals surface area contributed by atoms with Crippen molar-refractivity contribution in [2.45, 2.75) is 44.2 Å². The average Bonchev–Trinajstić information content (AvgIpc) is 3.13. The van der Waals surface area contributed by atoms with Gasteiger partial charge in [0.1, 0.15) is 5.82 Å². The molecule has 2 aliphatic heterocycles. The van der Waals surface area contributed by atoms with Gasteiger partial charge in [0.05, 0.1) is 0 Å². The van der Waals surface area contributed by atoms with Gasteiger partial charge in [0.15, 0.2) is 0 Å². The highest BCUT2D eigenvalue weighted by atomic mass is 35.5. The van der Waals surface area contributed by atoms with Crippen molar-refractivity contribution in [1.82, 2.24) is 14.9 Å². The maximum Gasteiger partial charge on any atom is 0.224 e. The molecular weight excluding hydrogens is 371 g/mol. The number of amides is 1. The molecule has 5 nitrogen and oxygen atoms in total. The first kappa shape index (κ1) is 20.7. The van der Waals surface area contributed by atoms with Crippen LogP contribution in [0, 0.1) is 5.92 Å². The first-order valence-electron chi connectivity index (χ1n) is 8.81. The van der Waals surface area contributed by atoms with Crippen molar-refractivity contribution in [3.05, 3.63) is 36.7 Å². The Labute approximate surface area is 166 Å². The SMILES string of the molecule is Cl.Cl.Cn1ccnc1-c1cccc(NC(=O)CC2CC3CCC(C2)N3)c1. The Morgan fingerprint density at radius 3 is 2.65 bits per heavy atom. The van der Waals surface area contributed by atoms with Gasteiger partial charge in [0, 0.05) is 49.2 Å². The van der Waals surface area contributed by atoms with Crippen molar-refractivity contribution in [2.75, 3.05) is 5.32 Å². The molecule has 2 saturated heterocycles. The summed E-state index contributed by atoms with van der Waals surface area (Å²) in [6, 6.07) is 9.18. The van der Waals surface area contributed by atoms with Crippen molar-refractivity contribution >= 4 is 36.4 Å². The lowest BCUT2D eigenvalue weighted by molar-refractivity contribution is -0.117. The van der Waals surface area contributed by atoms with Gasteiger partial charge in [-0.05, 0) is 43.7 Å². The average molecular weight is 397 g/mol. The maximum atomic E-state index is 12.4. The van der Waals surface area contributed by atoms with Crippen molar-refractivity contribution < 1.29 is 4.79 Å². The molecule has 0 radical (unpaired) electrons. The van der Waals surface area contributed by atoms with Gasteiger partial charge in [-0.2, -0.15) is 0 Å². The molecule has 2 N–H and O–H groups in total. The van der Waals surface area contributed by atoms with E-state index in [-0.39, 0.29) is 30.7 Å². The normalized spacial score (nSPS) is 23.7. The quantitative estimate of drug-likeness (QED) is 0.826. The predicted molar refractivity (Wildman–Crippen MR) is 109 cm³/mol. The number of hydrogen-bond acceptors (Lipinski definition) is 3. The van der Waals surface area contributed by atoms with Crippen molar-refractivity contribution in [3.63, 3.8) is 0 Å². The summed E-state index contributed by atoms with van der Waals surface area (Å²) in [5, 5.41) is 6.70. The largest absolute Gasteiger partial charge is 0.334 e. The van der Waals surface area contributed by atoms with Crippen LogP contribution in [0.25, 0.3) is 11.4 Å². The van der Waals surface area contributed by atoms with Gasteiger partial charge in [0.2, 0.25) is 5.91 Å². The number of halogens is 2. The van der Waals surface area contributed by atoms with E-state index < -0.39 is 0 Å². The summed E-state index contributed by atoms with van der Waals surface area (Å²) >= 11 is 0. The second-order valence-corrected chi connectivity index (χ2v) is 7.17. The van der Waals surface area contributed by atoms with E-state index in [4.69, 9.17) is 0 Å². The molecule has 2 aromatic rings. The molecule has 2 atom stereocenters. The molecule has 142 valence electrons. The lowest BCUT2D eigenvalue weighted by Crippen LogP contribution is -2.39. The van der Waals surface area contributed by atoms with Crippen molar-refractivity contribution in [1.29, 1.82) is 0 Å². The Kier molecular flexibility index (Phi) is 7.09. The number of aryl methyl sites for hydroxylation is 1. The Morgan fingerprint density at radius 1 is 1.27 bits per heavy atom. The topological polar surface area (TPSA) is 59.0 Å². The zero-order chi connectivity index (χ0) is 16.5. The van der Waals surface area contributed by atoms with Crippen LogP contribution in [0.3, 0.4) is 0 Å². The van der Waals surface area contributed by atoms with E-state index in [0.29, 0.717) is 24.4 Å². The molecule has 2 bridgehead atoms. The number of carbonyl (C=O) groups excluding carboxylic acids is 1. The van der Waals surface area contributed by atoms with E-state index in [0.717, 1.165) is 29.9 Å². The summed E-state index contributed by atoms with van der Waals surface area (Å²) in [6.07, 6.45) is 9.15. The first-order valence-corrected chi connectivity index (χ1v) is 8.81. The number of rotatable bonds is 4. The number of hydrogen-bond donors (Lipinski definition) is 2. The third-order valence-electron chi connectivity index (χ3n) is 5.27. The van der Waals surface area contributed by atoms with Gasteiger partial charge < -0.3 is 15.2 Å². The molecule has 1 aromatic heterocycles. The second-order valence-electron chi connectivity index (χ2n) is 7.17. The zero-order valence-corrected chi connectivity index (χ0v) is 16.5. The van der Waals surface area contributed by atoms with E-state index >= 15 is 0 Å². The van der Waals surface area contributed by atoms with E-state index in [1.54, 1.807) is 6.20 Å². The summed E-state index contributed by atoms with van der Waals surface area (Å²) in [5.41, 5.74) is 1.86. The minimum atomic E-state index is 0. The zero-order valence-electron chi connectivity index (χ0n) is 14.9. The minimum absolute atomic E-state index is 0. The fraction of sp³-hybridized carbons (Fsp3) is 0.474. The van der Waals surface area contributed by atoms with E-state index in [9.17, 15) is 4.79 Å². The highest BCUT2D eigenvalue weighted by molar-refractivity contribution is 5.91. The van der Waals surface area contributed by atoms with Crippen LogP contribution in [0.1, 0.15) is 32.1 Å². The molecule has 1 amide bonds. The van der Waals surface area contributed by atoms with Crippen LogP contribution < -0.4 is 10.6 Å². The Balaban J connectivity index is 0.00000121. The van der Waals surface area contributed by atoms with Gasteiger partial charge in [-0.1, -0.05) is 12.1 Å². The minimum Gasteiger partial charge on any atom is -0.334 e. The Bertz CT molecular complexity index is 737. The smallest absolute Gasteiger partial charge is 0.224 e. The van der Waals surface area contributed by atoms with Crippen LogP contribution in [0.2, 0.25) is 0 Å². The number of aromatic nitrogens is 2. The van der Waals surface area contributed by atoms with Gasteiger partial charge in [-0.15, -0.1) is 24.8 Å². The number of benzene rings is 1. The van der Waals surface area contributed by atoms with Crippen LogP contribution in [0.15, 0.2) is 36.7 Å². The summed E-state index contributed by atoms with van der Waals surface area (Å²) in [6.45, 7) is 0. The molecule has 2 fully saturated rings. The number of carbonyl (C=O) groups is 1. The van der Waals surface area contributed by atoms with E-state index in [1.165, 1.54) is 12.8 Å². The van der Waals surface area contributed by atoms with Crippen molar-refractivity contribution in [3.8, 4) is 11.4 Å². The number of nitrogens with zero attached hydrogens (tertiary/aromatic N) is 2. The van der Waals surface area contributed by atoms with Crippen LogP contribution in [-0.2, 0) is 11.8 Å². The van der Waals surface area contributed by atoms with Gasteiger partial charge in [-0.3, -0.25) is 4.79 Å². The molecule has 0 saturated carbocycles. The molecule has 0 spiro atoms. The second kappa shape index (κ2) is 8.89. The fourth-order valence-electron chi connectivity index (χ4n) is 4.20. The highest BCUT2D eigenvalue weighted by Crippen LogP contribution is 2.33. The van der Waals surface area contributed by atoms with Gasteiger partial charge in [-0.25, -0.2) is 4.98 Å².